The molecule has 2 aliphatic heterocycles. The Kier molecular flexibility index (Phi) is 11.6. The number of likely N-dealkylation sites (N-methyl/N-ethyl adjacent to an activating group) is 1. The summed E-state index contributed by atoms with van der Waals surface area (Å²) < 4.78 is 12.9. The zero-order valence-corrected chi connectivity index (χ0v) is 30.8. The minimum atomic E-state index is -2.71. The van der Waals surface area contributed by atoms with Crippen LogP contribution in [0, 0.1) is 11.3 Å². The van der Waals surface area contributed by atoms with Crippen LogP contribution in [0.3, 0.4) is 0 Å². The standard InChI is InChI=1S/C37H55N3O3SSi/c1-28-20-21-32(39-33(41)37(7,8)40(9)26-29-22-24-42-25-23-29)44-34(38-28)36(5,6)27-43-45(35(2,3)4,30-16-12-10-13-17-30)31-18-14-11-15-19-31/h10-19,21,28-29H,20,22-27H2,1-9H3,(H,39,41). The van der Waals surface area contributed by atoms with Crippen molar-refractivity contribution in [3.05, 3.63) is 71.8 Å². The van der Waals surface area contributed by atoms with Gasteiger partial charge in [-0.1, -0.05) is 113 Å². The first-order valence-corrected chi connectivity index (χ1v) is 19.2. The van der Waals surface area contributed by atoms with Crippen LogP contribution >= 0.6 is 11.8 Å². The van der Waals surface area contributed by atoms with Crippen LogP contribution in [0.2, 0.25) is 5.04 Å². The number of hydrogen-bond donors (Lipinski definition) is 1. The second kappa shape index (κ2) is 14.7. The molecule has 2 heterocycles. The lowest BCUT2D eigenvalue weighted by Crippen LogP contribution is -2.67. The average Bonchev–Trinajstić information content (AvgIpc) is 3.19. The van der Waals surface area contributed by atoms with Gasteiger partial charge in [-0.2, -0.15) is 0 Å². The van der Waals surface area contributed by atoms with E-state index in [-0.39, 0.29) is 22.4 Å². The van der Waals surface area contributed by atoms with Crippen molar-refractivity contribution in [2.45, 2.75) is 91.3 Å². The largest absolute Gasteiger partial charge is 0.406 e. The van der Waals surface area contributed by atoms with Crippen LogP contribution in [0.15, 0.2) is 76.8 Å². The first kappa shape index (κ1) is 35.6. The number of carbonyl (C=O) groups excluding carboxylic acids is 1. The van der Waals surface area contributed by atoms with Gasteiger partial charge in [-0.15, -0.1) is 0 Å². The molecule has 0 aliphatic carbocycles. The van der Waals surface area contributed by atoms with Gasteiger partial charge < -0.3 is 14.5 Å². The summed E-state index contributed by atoms with van der Waals surface area (Å²) in [7, 11) is -0.654. The molecule has 2 aliphatic rings. The highest BCUT2D eigenvalue weighted by Crippen LogP contribution is 2.40. The quantitative estimate of drug-likeness (QED) is 0.278. The van der Waals surface area contributed by atoms with Crippen molar-refractivity contribution in [3.8, 4) is 0 Å². The van der Waals surface area contributed by atoms with Crippen molar-refractivity contribution >= 4 is 41.4 Å². The molecular weight excluding hydrogens is 595 g/mol. The zero-order valence-electron chi connectivity index (χ0n) is 29.0. The van der Waals surface area contributed by atoms with Crippen LogP contribution in [0.4, 0.5) is 0 Å². The molecular formula is C37H55N3O3SSi. The van der Waals surface area contributed by atoms with Gasteiger partial charge in [0.25, 0.3) is 8.32 Å². The van der Waals surface area contributed by atoms with Crippen molar-refractivity contribution in [2.75, 3.05) is 33.4 Å². The molecule has 45 heavy (non-hydrogen) atoms. The molecule has 0 radical (unpaired) electrons. The lowest BCUT2D eigenvalue weighted by atomic mass is 9.95. The number of benzene rings is 2. The Labute approximate surface area is 277 Å². The minimum Gasteiger partial charge on any atom is -0.406 e. The molecule has 1 fully saturated rings. The van der Waals surface area contributed by atoms with E-state index in [1.165, 1.54) is 10.4 Å². The molecule has 0 bridgehead atoms. The highest BCUT2D eigenvalue weighted by molar-refractivity contribution is 8.17. The molecule has 1 saturated heterocycles. The fourth-order valence-corrected chi connectivity index (χ4v) is 12.0. The predicted octanol–water partition coefficient (Wildman–Crippen LogP) is 6.61. The van der Waals surface area contributed by atoms with Crippen LogP contribution in [-0.2, 0) is 14.0 Å². The van der Waals surface area contributed by atoms with Gasteiger partial charge >= 0.3 is 0 Å². The summed E-state index contributed by atoms with van der Waals surface area (Å²) in [6, 6.07) is 21.7. The van der Waals surface area contributed by atoms with E-state index in [4.69, 9.17) is 14.2 Å². The van der Waals surface area contributed by atoms with E-state index in [1.54, 1.807) is 11.8 Å². The van der Waals surface area contributed by atoms with Gasteiger partial charge in [0.1, 0.15) is 0 Å². The number of amides is 1. The Morgan fingerprint density at radius 2 is 1.53 bits per heavy atom. The number of rotatable bonds is 11. The summed E-state index contributed by atoms with van der Waals surface area (Å²) in [4.78, 5) is 21.1. The van der Waals surface area contributed by atoms with Crippen LogP contribution < -0.4 is 15.7 Å². The van der Waals surface area contributed by atoms with Gasteiger partial charge in [0.2, 0.25) is 5.91 Å². The smallest absolute Gasteiger partial charge is 0.261 e. The summed E-state index contributed by atoms with van der Waals surface area (Å²) in [6.07, 6.45) is 5.01. The molecule has 0 aromatic heterocycles. The molecule has 246 valence electrons. The molecule has 0 spiro atoms. The Balaban J connectivity index is 1.54. The van der Waals surface area contributed by atoms with E-state index in [0.717, 1.165) is 49.1 Å². The molecule has 4 rings (SSSR count). The third-order valence-corrected chi connectivity index (χ3v) is 15.8. The number of nitrogens with one attached hydrogen (secondary N) is 1. The molecule has 0 saturated carbocycles. The third kappa shape index (κ3) is 8.38. The SMILES string of the molecule is CC1CC=C(NC(=O)C(C)(C)N(C)CC2CCOCC2)SC(C(C)(C)CO[Si](c2ccccc2)(c2ccccc2)C(C)(C)C)=N1. The molecule has 6 nitrogen and oxygen atoms in total. The predicted molar refractivity (Wildman–Crippen MR) is 193 cm³/mol. The Morgan fingerprint density at radius 3 is 2.07 bits per heavy atom. The number of thioether (sulfide) groups is 1. The summed E-state index contributed by atoms with van der Waals surface area (Å²) in [6.45, 7) is 20.6. The lowest BCUT2D eigenvalue weighted by molar-refractivity contribution is -0.130. The third-order valence-electron chi connectivity index (χ3n) is 9.45. The summed E-state index contributed by atoms with van der Waals surface area (Å²) >= 11 is 1.58. The first-order chi connectivity index (χ1) is 21.2. The van der Waals surface area contributed by atoms with Gasteiger partial charge in [-0.3, -0.25) is 14.7 Å². The van der Waals surface area contributed by atoms with Gasteiger partial charge in [0.15, 0.2) is 0 Å². The van der Waals surface area contributed by atoms with Gasteiger partial charge in [0.05, 0.1) is 21.7 Å². The monoisotopic (exact) mass is 649 g/mol. The van der Waals surface area contributed by atoms with Gasteiger partial charge in [0, 0.05) is 31.8 Å². The molecule has 8 heteroatoms. The topological polar surface area (TPSA) is 63.2 Å². The van der Waals surface area contributed by atoms with Crippen molar-refractivity contribution in [1.82, 2.24) is 10.2 Å². The summed E-state index contributed by atoms with van der Waals surface area (Å²) in [5.74, 6) is 0.560. The molecule has 1 amide bonds. The maximum atomic E-state index is 13.8. The Hall–Kier alpha value is -2.23. The average molecular weight is 650 g/mol. The summed E-state index contributed by atoms with van der Waals surface area (Å²) in [5, 5.41) is 7.56. The fraction of sp³-hybridized carbons (Fsp3) is 0.568. The van der Waals surface area contributed by atoms with E-state index >= 15 is 0 Å². The molecule has 2 aromatic carbocycles. The number of hydrogen-bond acceptors (Lipinski definition) is 6. The second-order valence-electron chi connectivity index (χ2n) is 15.0. The Morgan fingerprint density at radius 1 is 0.978 bits per heavy atom. The molecule has 1 N–H and O–H groups in total. The van der Waals surface area contributed by atoms with E-state index in [2.05, 4.69) is 126 Å². The van der Waals surface area contributed by atoms with Gasteiger partial charge in [-0.05, 0) is 68.4 Å². The van der Waals surface area contributed by atoms with Crippen LogP contribution in [-0.4, -0.2) is 69.2 Å². The number of aliphatic imine (C=N–C) groups is 1. The van der Waals surface area contributed by atoms with E-state index < -0.39 is 13.9 Å². The lowest BCUT2D eigenvalue weighted by Gasteiger charge is -2.44. The first-order valence-electron chi connectivity index (χ1n) is 16.5. The highest BCUT2D eigenvalue weighted by atomic mass is 32.2. The highest BCUT2D eigenvalue weighted by Gasteiger charge is 2.51. The molecule has 1 atom stereocenters. The van der Waals surface area contributed by atoms with Crippen molar-refractivity contribution in [1.29, 1.82) is 0 Å². The fourth-order valence-electron chi connectivity index (χ4n) is 6.19. The zero-order chi connectivity index (χ0) is 32.9. The summed E-state index contributed by atoms with van der Waals surface area (Å²) in [5.41, 5.74) is -1.04. The molecule has 1 unspecified atom stereocenters. The maximum absolute atomic E-state index is 13.8. The maximum Gasteiger partial charge on any atom is 0.261 e. The second-order valence-corrected chi connectivity index (χ2v) is 20.3. The Bertz CT molecular complexity index is 1290. The van der Waals surface area contributed by atoms with Crippen molar-refractivity contribution < 1.29 is 14.0 Å². The van der Waals surface area contributed by atoms with Gasteiger partial charge in [-0.25, -0.2) is 0 Å². The molecule has 2 aromatic rings. The van der Waals surface area contributed by atoms with Crippen molar-refractivity contribution in [3.63, 3.8) is 0 Å². The number of carbonyl (C=O) groups is 1. The van der Waals surface area contributed by atoms with E-state index in [0.29, 0.717) is 12.5 Å². The van der Waals surface area contributed by atoms with E-state index in [1.807, 2.05) is 13.8 Å². The van der Waals surface area contributed by atoms with Crippen LogP contribution in [0.25, 0.3) is 0 Å². The minimum absolute atomic E-state index is 0.00563. The number of ether oxygens (including phenoxy) is 1. The van der Waals surface area contributed by atoms with Crippen molar-refractivity contribution in [2.24, 2.45) is 16.3 Å². The van der Waals surface area contributed by atoms with Crippen LogP contribution in [0.5, 0.6) is 0 Å². The number of nitrogens with zero attached hydrogens (tertiary/aromatic N) is 2. The van der Waals surface area contributed by atoms with E-state index in [9.17, 15) is 4.79 Å². The normalized spacial score (nSPS) is 19.1. The van der Waals surface area contributed by atoms with Crippen LogP contribution in [0.1, 0.15) is 74.7 Å².